The fraction of sp³-hybridized carbons (Fsp3) is 0.400. The van der Waals surface area contributed by atoms with Gasteiger partial charge in [-0.25, -0.2) is 0 Å². The van der Waals surface area contributed by atoms with Gasteiger partial charge in [0.25, 0.3) is 0 Å². The molecule has 1 aliphatic rings. The highest BCUT2D eigenvalue weighted by atomic mass is 79.9. The SMILES string of the molecule is COc1cc(Br)cc(CNC2CCCC2)c1OCc1ccccc1. The summed E-state index contributed by atoms with van der Waals surface area (Å²) >= 11 is 3.57. The average molecular weight is 390 g/mol. The number of nitrogens with one attached hydrogen (secondary N) is 1. The lowest BCUT2D eigenvalue weighted by molar-refractivity contribution is 0.280. The van der Waals surface area contributed by atoms with Gasteiger partial charge in [0.1, 0.15) is 6.61 Å². The molecule has 1 saturated carbocycles. The Morgan fingerprint density at radius 2 is 1.88 bits per heavy atom. The molecule has 4 heteroatoms. The minimum atomic E-state index is 0.537. The summed E-state index contributed by atoms with van der Waals surface area (Å²) in [5.41, 5.74) is 2.28. The van der Waals surface area contributed by atoms with Gasteiger partial charge in [-0.15, -0.1) is 0 Å². The average Bonchev–Trinajstić information content (AvgIpc) is 3.13. The summed E-state index contributed by atoms with van der Waals surface area (Å²) in [6, 6.07) is 14.9. The Bertz CT molecular complexity index is 654. The maximum atomic E-state index is 6.13. The van der Waals surface area contributed by atoms with Crippen LogP contribution in [0.5, 0.6) is 11.5 Å². The van der Waals surface area contributed by atoms with E-state index in [4.69, 9.17) is 9.47 Å². The summed E-state index contributed by atoms with van der Waals surface area (Å²) in [5, 5.41) is 3.66. The van der Waals surface area contributed by atoms with Crippen LogP contribution in [0.25, 0.3) is 0 Å². The minimum Gasteiger partial charge on any atom is -0.493 e. The zero-order chi connectivity index (χ0) is 16.8. The maximum Gasteiger partial charge on any atom is 0.166 e. The lowest BCUT2D eigenvalue weighted by Gasteiger charge is -2.18. The Labute approximate surface area is 152 Å². The molecular formula is C20H24BrNO2. The third kappa shape index (κ3) is 4.52. The molecule has 2 aromatic carbocycles. The highest BCUT2D eigenvalue weighted by Gasteiger charge is 2.17. The molecule has 2 aromatic rings. The fourth-order valence-corrected chi connectivity index (χ4v) is 3.67. The van der Waals surface area contributed by atoms with E-state index in [9.17, 15) is 0 Å². The van der Waals surface area contributed by atoms with Gasteiger partial charge >= 0.3 is 0 Å². The van der Waals surface area contributed by atoms with E-state index in [1.165, 1.54) is 25.7 Å². The second kappa shape index (κ2) is 8.54. The molecule has 3 rings (SSSR count). The molecule has 0 unspecified atom stereocenters. The number of hydrogen-bond acceptors (Lipinski definition) is 3. The molecule has 0 aromatic heterocycles. The second-order valence-corrected chi connectivity index (χ2v) is 7.15. The van der Waals surface area contributed by atoms with Crippen LogP contribution < -0.4 is 14.8 Å². The quantitative estimate of drug-likeness (QED) is 0.716. The van der Waals surface area contributed by atoms with E-state index in [1.54, 1.807) is 7.11 Å². The van der Waals surface area contributed by atoms with Gasteiger partial charge in [-0.3, -0.25) is 0 Å². The van der Waals surface area contributed by atoms with Crippen LogP contribution in [0.3, 0.4) is 0 Å². The Balaban J connectivity index is 1.76. The predicted octanol–water partition coefficient (Wildman–Crippen LogP) is 5.07. The summed E-state index contributed by atoms with van der Waals surface area (Å²) in [5.74, 6) is 1.60. The predicted molar refractivity (Wildman–Crippen MR) is 101 cm³/mol. The number of hydrogen-bond donors (Lipinski definition) is 1. The zero-order valence-electron chi connectivity index (χ0n) is 14.1. The molecule has 0 saturated heterocycles. The van der Waals surface area contributed by atoms with E-state index in [0.29, 0.717) is 12.6 Å². The Kier molecular flexibility index (Phi) is 6.16. The highest BCUT2D eigenvalue weighted by molar-refractivity contribution is 9.10. The van der Waals surface area contributed by atoms with Gasteiger partial charge in [-0.2, -0.15) is 0 Å². The van der Waals surface area contributed by atoms with E-state index in [-0.39, 0.29) is 0 Å². The van der Waals surface area contributed by atoms with Gasteiger partial charge in [-0.1, -0.05) is 59.1 Å². The first-order valence-corrected chi connectivity index (χ1v) is 9.32. The van der Waals surface area contributed by atoms with Crippen LogP contribution in [-0.4, -0.2) is 13.2 Å². The first kappa shape index (κ1) is 17.3. The van der Waals surface area contributed by atoms with Crippen molar-refractivity contribution in [3.05, 3.63) is 58.1 Å². The van der Waals surface area contributed by atoms with Crippen molar-refractivity contribution in [2.24, 2.45) is 0 Å². The monoisotopic (exact) mass is 389 g/mol. The van der Waals surface area contributed by atoms with Crippen molar-refractivity contribution in [1.82, 2.24) is 5.32 Å². The molecule has 0 heterocycles. The van der Waals surface area contributed by atoms with Gasteiger partial charge in [0, 0.05) is 22.6 Å². The number of ether oxygens (including phenoxy) is 2. The normalized spacial score (nSPS) is 14.8. The maximum absolute atomic E-state index is 6.13. The number of benzene rings is 2. The van der Waals surface area contributed by atoms with Crippen molar-refractivity contribution in [3.8, 4) is 11.5 Å². The second-order valence-electron chi connectivity index (χ2n) is 6.23. The van der Waals surface area contributed by atoms with E-state index < -0.39 is 0 Å². The molecule has 1 aliphatic carbocycles. The van der Waals surface area contributed by atoms with Crippen molar-refractivity contribution in [2.45, 2.75) is 44.9 Å². The zero-order valence-corrected chi connectivity index (χ0v) is 15.6. The van der Waals surface area contributed by atoms with Gasteiger partial charge in [0.05, 0.1) is 7.11 Å². The Morgan fingerprint density at radius 1 is 1.12 bits per heavy atom. The molecule has 0 spiro atoms. The first-order valence-electron chi connectivity index (χ1n) is 8.53. The summed E-state index contributed by atoms with van der Waals surface area (Å²) < 4.78 is 12.7. The van der Waals surface area contributed by atoms with Crippen molar-refractivity contribution in [1.29, 1.82) is 0 Å². The van der Waals surface area contributed by atoms with Crippen LogP contribution in [0, 0.1) is 0 Å². The van der Waals surface area contributed by atoms with Gasteiger partial charge in [0.2, 0.25) is 0 Å². The highest BCUT2D eigenvalue weighted by Crippen LogP contribution is 2.35. The topological polar surface area (TPSA) is 30.5 Å². The van der Waals surface area contributed by atoms with Gasteiger partial charge in [-0.05, 0) is 30.5 Å². The van der Waals surface area contributed by atoms with Gasteiger partial charge in [0.15, 0.2) is 11.5 Å². The van der Waals surface area contributed by atoms with E-state index >= 15 is 0 Å². The lowest BCUT2D eigenvalue weighted by Crippen LogP contribution is -2.25. The third-order valence-corrected chi connectivity index (χ3v) is 4.94. The molecule has 1 N–H and O–H groups in total. The molecule has 0 atom stereocenters. The fourth-order valence-electron chi connectivity index (χ4n) is 3.18. The van der Waals surface area contributed by atoms with E-state index in [0.717, 1.165) is 33.6 Å². The molecule has 0 amide bonds. The summed E-state index contributed by atoms with van der Waals surface area (Å²) in [7, 11) is 1.69. The van der Waals surface area contributed by atoms with Crippen LogP contribution in [0.15, 0.2) is 46.9 Å². The van der Waals surface area contributed by atoms with Crippen molar-refractivity contribution in [2.75, 3.05) is 7.11 Å². The summed E-state index contributed by atoms with van der Waals surface area (Å²) in [6.45, 7) is 1.33. The Morgan fingerprint density at radius 3 is 2.58 bits per heavy atom. The Hall–Kier alpha value is -1.52. The van der Waals surface area contributed by atoms with Crippen LogP contribution in [-0.2, 0) is 13.2 Å². The number of rotatable bonds is 7. The molecule has 0 radical (unpaired) electrons. The van der Waals surface area contributed by atoms with Crippen molar-refractivity contribution in [3.63, 3.8) is 0 Å². The molecule has 128 valence electrons. The van der Waals surface area contributed by atoms with Crippen LogP contribution in [0.4, 0.5) is 0 Å². The van der Waals surface area contributed by atoms with Gasteiger partial charge < -0.3 is 14.8 Å². The molecular weight excluding hydrogens is 366 g/mol. The van der Waals surface area contributed by atoms with E-state index in [2.05, 4.69) is 39.4 Å². The molecule has 1 fully saturated rings. The van der Waals surface area contributed by atoms with Crippen molar-refractivity contribution < 1.29 is 9.47 Å². The number of methoxy groups -OCH3 is 1. The molecule has 3 nitrogen and oxygen atoms in total. The number of halogens is 1. The minimum absolute atomic E-state index is 0.537. The summed E-state index contributed by atoms with van der Waals surface area (Å²) in [6.07, 6.45) is 5.20. The first-order chi connectivity index (χ1) is 11.8. The van der Waals surface area contributed by atoms with Crippen molar-refractivity contribution >= 4 is 15.9 Å². The molecule has 0 bridgehead atoms. The molecule has 0 aliphatic heterocycles. The largest absolute Gasteiger partial charge is 0.493 e. The van der Waals surface area contributed by atoms with Crippen LogP contribution in [0.1, 0.15) is 36.8 Å². The third-order valence-electron chi connectivity index (χ3n) is 4.48. The smallest absolute Gasteiger partial charge is 0.166 e. The van der Waals surface area contributed by atoms with Crippen LogP contribution >= 0.6 is 15.9 Å². The van der Waals surface area contributed by atoms with Crippen LogP contribution in [0.2, 0.25) is 0 Å². The van der Waals surface area contributed by atoms with E-state index in [1.807, 2.05) is 24.3 Å². The lowest BCUT2D eigenvalue weighted by atomic mass is 10.1. The molecule has 24 heavy (non-hydrogen) atoms. The standard InChI is InChI=1S/C20H24BrNO2/c1-23-19-12-17(21)11-16(13-22-18-9-5-6-10-18)20(19)24-14-15-7-3-2-4-8-15/h2-4,7-8,11-12,18,22H,5-6,9-10,13-14H2,1H3. The summed E-state index contributed by atoms with van der Waals surface area (Å²) in [4.78, 5) is 0.